The third-order valence-corrected chi connectivity index (χ3v) is 4.41. The van der Waals surface area contributed by atoms with Crippen LogP contribution in [0.1, 0.15) is 11.4 Å². The van der Waals surface area contributed by atoms with Crippen molar-refractivity contribution in [2.75, 3.05) is 36.0 Å². The standard InChI is InChI=1S/C16H19N7/c1-12-3-4-17-10-14(12)21-5-7-22(8-6-21)15-9-16-20-18-11-23(16)13(2)19-15/h3-4,9-11H,5-8H2,1-2H3. The van der Waals surface area contributed by atoms with Gasteiger partial charge in [0.05, 0.1) is 11.9 Å². The minimum absolute atomic E-state index is 0.845. The first kappa shape index (κ1) is 13.9. The van der Waals surface area contributed by atoms with E-state index in [2.05, 4.69) is 38.0 Å². The Balaban J connectivity index is 1.53. The third kappa shape index (κ3) is 2.48. The number of fused-ring (bicyclic) bond motifs is 1. The van der Waals surface area contributed by atoms with Gasteiger partial charge in [-0.15, -0.1) is 10.2 Å². The molecule has 4 rings (SSSR count). The average Bonchev–Trinajstić information content (AvgIpc) is 3.05. The van der Waals surface area contributed by atoms with Crippen LogP contribution in [0.25, 0.3) is 5.65 Å². The normalized spacial score (nSPS) is 15.4. The van der Waals surface area contributed by atoms with E-state index in [0.717, 1.165) is 43.5 Å². The molecule has 0 aliphatic carbocycles. The zero-order valence-corrected chi connectivity index (χ0v) is 13.3. The maximum Gasteiger partial charge on any atom is 0.165 e. The number of aryl methyl sites for hydroxylation is 2. The van der Waals surface area contributed by atoms with Gasteiger partial charge in [-0.25, -0.2) is 4.98 Å². The van der Waals surface area contributed by atoms with Crippen molar-refractivity contribution < 1.29 is 0 Å². The molecule has 0 amide bonds. The summed E-state index contributed by atoms with van der Waals surface area (Å²) in [6.07, 6.45) is 5.50. The Hall–Kier alpha value is -2.70. The van der Waals surface area contributed by atoms with Crippen LogP contribution < -0.4 is 9.80 Å². The van der Waals surface area contributed by atoms with E-state index in [0.29, 0.717) is 0 Å². The summed E-state index contributed by atoms with van der Waals surface area (Å²) in [4.78, 5) is 13.6. The number of hydrogen-bond donors (Lipinski definition) is 0. The minimum atomic E-state index is 0.845. The number of rotatable bonds is 2. The predicted molar refractivity (Wildman–Crippen MR) is 88.9 cm³/mol. The molecule has 23 heavy (non-hydrogen) atoms. The summed E-state index contributed by atoms with van der Waals surface area (Å²) in [5.74, 6) is 1.89. The van der Waals surface area contributed by atoms with Crippen LogP contribution in [0.2, 0.25) is 0 Å². The van der Waals surface area contributed by atoms with Gasteiger partial charge in [-0.2, -0.15) is 0 Å². The predicted octanol–water partition coefficient (Wildman–Crippen LogP) is 1.46. The highest BCUT2D eigenvalue weighted by Gasteiger charge is 2.20. The zero-order valence-electron chi connectivity index (χ0n) is 13.3. The molecular formula is C16H19N7. The largest absolute Gasteiger partial charge is 0.367 e. The van der Waals surface area contributed by atoms with Crippen LogP contribution in [0.15, 0.2) is 30.9 Å². The SMILES string of the molecule is Cc1ccncc1N1CCN(c2cc3nncn3c(C)n2)CC1. The van der Waals surface area contributed by atoms with E-state index in [1.807, 2.05) is 29.8 Å². The molecule has 118 valence electrons. The summed E-state index contributed by atoms with van der Waals surface area (Å²) in [7, 11) is 0. The first-order chi connectivity index (χ1) is 11.2. The van der Waals surface area contributed by atoms with Crippen LogP contribution in [-0.4, -0.2) is 50.7 Å². The lowest BCUT2D eigenvalue weighted by Gasteiger charge is -2.37. The van der Waals surface area contributed by atoms with E-state index < -0.39 is 0 Å². The fourth-order valence-corrected chi connectivity index (χ4v) is 3.08. The highest BCUT2D eigenvalue weighted by atomic mass is 15.3. The molecule has 4 heterocycles. The Morgan fingerprint density at radius 2 is 1.83 bits per heavy atom. The molecule has 0 saturated carbocycles. The first-order valence-corrected chi connectivity index (χ1v) is 7.80. The topological polar surface area (TPSA) is 62.5 Å². The quantitative estimate of drug-likeness (QED) is 0.714. The van der Waals surface area contributed by atoms with Crippen molar-refractivity contribution in [3.63, 3.8) is 0 Å². The second-order valence-corrected chi connectivity index (χ2v) is 5.86. The van der Waals surface area contributed by atoms with Crippen molar-refractivity contribution in [2.45, 2.75) is 13.8 Å². The molecule has 0 unspecified atom stereocenters. The van der Waals surface area contributed by atoms with Crippen LogP contribution in [-0.2, 0) is 0 Å². The molecule has 1 saturated heterocycles. The third-order valence-electron chi connectivity index (χ3n) is 4.41. The summed E-state index contributed by atoms with van der Waals surface area (Å²) >= 11 is 0. The molecule has 0 N–H and O–H groups in total. The smallest absolute Gasteiger partial charge is 0.165 e. The average molecular weight is 309 g/mol. The van der Waals surface area contributed by atoms with Crippen molar-refractivity contribution in [3.05, 3.63) is 42.2 Å². The maximum absolute atomic E-state index is 4.69. The molecular weight excluding hydrogens is 290 g/mol. The number of pyridine rings is 1. The zero-order chi connectivity index (χ0) is 15.8. The first-order valence-electron chi connectivity index (χ1n) is 7.80. The number of anilines is 2. The number of aromatic nitrogens is 5. The Kier molecular flexibility index (Phi) is 3.33. The van der Waals surface area contributed by atoms with E-state index in [-0.39, 0.29) is 0 Å². The van der Waals surface area contributed by atoms with Crippen LogP contribution >= 0.6 is 0 Å². The highest BCUT2D eigenvalue weighted by Crippen LogP contribution is 2.22. The Morgan fingerprint density at radius 3 is 2.61 bits per heavy atom. The van der Waals surface area contributed by atoms with Crippen LogP contribution in [0.4, 0.5) is 11.5 Å². The molecule has 0 radical (unpaired) electrons. The minimum Gasteiger partial charge on any atom is -0.367 e. The van der Waals surface area contributed by atoms with Gasteiger partial charge in [0.25, 0.3) is 0 Å². The number of piperazine rings is 1. The van der Waals surface area contributed by atoms with Crippen molar-refractivity contribution in [2.24, 2.45) is 0 Å². The Bertz CT molecular complexity index is 833. The summed E-state index contributed by atoms with van der Waals surface area (Å²) in [5.41, 5.74) is 3.34. The van der Waals surface area contributed by atoms with Crippen molar-refractivity contribution in [1.29, 1.82) is 0 Å². The van der Waals surface area contributed by atoms with Crippen LogP contribution in [0, 0.1) is 13.8 Å². The molecule has 0 atom stereocenters. The molecule has 0 bridgehead atoms. The fraction of sp³-hybridized carbons (Fsp3) is 0.375. The summed E-state index contributed by atoms with van der Waals surface area (Å²) in [5, 5.41) is 8.09. The fourth-order valence-electron chi connectivity index (χ4n) is 3.08. The molecule has 7 nitrogen and oxygen atoms in total. The van der Waals surface area contributed by atoms with E-state index >= 15 is 0 Å². The summed E-state index contributed by atoms with van der Waals surface area (Å²) in [6.45, 7) is 7.91. The van der Waals surface area contributed by atoms with Gasteiger partial charge in [-0.1, -0.05) is 0 Å². The van der Waals surface area contributed by atoms with Gasteiger partial charge in [-0.3, -0.25) is 9.38 Å². The van der Waals surface area contributed by atoms with Gasteiger partial charge in [-0.05, 0) is 25.5 Å². The highest BCUT2D eigenvalue weighted by molar-refractivity contribution is 5.55. The van der Waals surface area contributed by atoms with Gasteiger partial charge in [0.2, 0.25) is 0 Å². The summed E-state index contributed by atoms with van der Waals surface area (Å²) < 4.78 is 1.90. The van der Waals surface area contributed by atoms with Crippen molar-refractivity contribution in [1.82, 2.24) is 24.6 Å². The lowest BCUT2D eigenvalue weighted by Crippen LogP contribution is -2.47. The van der Waals surface area contributed by atoms with E-state index in [1.165, 1.54) is 11.3 Å². The van der Waals surface area contributed by atoms with Gasteiger partial charge >= 0.3 is 0 Å². The molecule has 3 aromatic heterocycles. The molecule has 0 spiro atoms. The monoisotopic (exact) mass is 309 g/mol. The number of nitrogens with zero attached hydrogens (tertiary/aromatic N) is 7. The van der Waals surface area contributed by atoms with E-state index in [1.54, 1.807) is 6.33 Å². The van der Waals surface area contributed by atoms with E-state index in [9.17, 15) is 0 Å². The van der Waals surface area contributed by atoms with Crippen molar-refractivity contribution in [3.8, 4) is 0 Å². The molecule has 0 aromatic carbocycles. The second-order valence-electron chi connectivity index (χ2n) is 5.86. The lowest BCUT2D eigenvalue weighted by atomic mass is 10.2. The van der Waals surface area contributed by atoms with Gasteiger partial charge in [0.15, 0.2) is 5.65 Å². The lowest BCUT2D eigenvalue weighted by molar-refractivity contribution is 0.643. The Morgan fingerprint density at radius 1 is 1.04 bits per heavy atom. The van der Waals surface area contributed by atoms with E-state index in [4.69, 9.17) is 4.98 Å². The van der Waals surface area contributed by atoms with Gasteiger partial charge < -0.3 is 9.80 Å². The second kappa shape index (κ2) is 5.49. The van der Waals surface area contributed by atoms with Gasteiger partial charge in [0, 0.05) is 38.4 Å². The number of hydrogen-bond acceptors (Lipinski definition) is 6. The molecule has 7 heteroatoms. The summed E-state index contributed by atoms with van der Waals surface area (Å²) in [6, 6.07) is 4.07. The molecule has 1 aliphatic rings. The molecule has 1 fully saturated rings. The molecule has 1 aliphatic heterocycles. The van der Waals surface area contributed by atoms with Gasteiger partial charge in [0.1, 0.15) is 18.0 Å². The van der Waals surface area contributed by atoms with Crippen LogP contribution in [0.5, 0.6) is 0 Å². The van der Waals surface area contributed by atoms with Crippen molar-refractivity contribution >= 4 is 17.2 Å². The maximum atomic E-state index is 4.69. The van der Waals surface area contributed by atoms with Crippen LogP contribution in [0.3, 0.4) is 0 Å². The Labute approximate surface area is 134 Å². The molecule has 3 aromatic rings.